The van der Waals surface area contributed by atoms with Crippen LogP contribution in [-0.2, 0) is 27.5 Å². The van der Waals surface area contributed by atoms with Crippen molar-refractivity contribution in [2.24, 2.45) is 4.40 Å². The van der Waals surface area contributed by atoms with Crippen LogP contribution in [0, 0.1) is 0 Å². The van der Waals surface area contributed by atoms with Crippen molar-refractivity contribution in [3.63, 3.8) is 0 Å². The summed E-state index contributed by atoms with van der Waals surface area (Å²) in [5.41, 5.74) is 1.24. The van der Waals surface area contributed by atoms with Gasteiger partial charge in [-0.2, -0.15) is 0 Å². The first-order chi connectivity index (χ1) is 14.1. The number of halogens is 1. The minimum atomic E-state index is -1.68. The molecule has 2 aromatic carbocycles. The fraction of sp³-hybridized carbons (Fsp3) is 0.286. The highest BCUT2D eigenvalue weighted by Gasteiger charge is 2.30. The van der Waals surface area contributed by atoms with Crippen LogP contribution in [0.4, 0.5) is 10.5 Å². The van der Waals surface area contributed by atoms with Crippen LogP contribution in [0.15, 0.2) is 52.9 Å². The number of nitrogens with zero attached hydrogens (tertiary/aromatic N) is 1. The molecule has 1 atom stereocenters. The molecule has 0 bridgehead atoms. The van der Waals surface area contributed by atoms with Gasteiger partial charge in [-0.25, -0.2) is 4.79 Å². The van der Waals surface area contributed by atoms with Crippen molar-refractivity contribution in [3.8, 4) is 0 Å². The number of hydrogen-bond donors (Lipinski definition) is 2. The minimum absolute atomic E-state index is 0.0856. The van der Waals surface area contributed by atoms with Crippen molar-refractivity contribution in [1.29, 1.82) is 0 Å². The number of ether oxygens (including phenoxy) is 1. The van der Waals surface area contributed by atoms with Gasteiger partial charge in [-0.05, 0) is 32.4 Å². The largest absolute Gasteiger partial charge is 0.591 e. The topological polar surface area (TPSA) is 103 Å². The van der Waals surface area contributed by atoms with Gasteiger partial charge < -0.3 is 14.6 Å². The van der Waals surface area contributed by atoms with E-state index < -0.39 is 28.1 Å². The number of carbonyl (C=O) groups is 2. The third-order valence-corrected chi connectivity index (χ3v) is 5.65. The van der Waals surface area contributed by atoms with Gasteiger partial charge in [-0.3, -0.25) is 10.1 Å². The Hall–Kier alpha value is -2.55. The molecule has 0 spiro atoms. The van der Waals surface area contributed by atoms with Gasteiger partial charge in [-0.1, -0.05) is 58.5 Å². The number of hydrogen-bond acceptors (Lipinski definition) is 5. The summed E-state index contributed by atoms with van der Waals surface area (Å²) >= 11 is 4.75. The summed E-state index contributed by atoms with van der Waals surface area (Å²) in [5, 5.41) is 5.12. The highest BCUT2D eigenvalue weighted by Crippen LogP contribution is 2.28. The SMILES string of the molecule is CNC(=O)C(=N[S+]([O-])C(C)(C)C)c1cccc(NC(=O)OCc2ccccc2)c1Cl. The molecule has 0 fully saturated rings. The molecule has 30 heavy (non-hydrogen) atoms. The lowest BCUT2D eigenvalue weighted by Gasteiger charge is -2.19. The van der Waals surface area contributed by atoms with Crippen molar-refractivity contribution in [2.45, 2.75) is 32.1 Å². The Bertz CT molecular complexity index is 930. The van der Waals surface area contributed by atoms with E-state index in [9.17, 15) is 14.1 Å². The average molecular weight is 450 g/mol. The molecular weight excluding hydrogens is 426 g/mol. The standard InChI is InChI=1S/C21H24ClN3O4S/c1-21(2,3)30(28)25-18(19(26)23-4)15-11-8-12-16(17(15)22)24-20(27)29-13-14-9-6-5-7-10-14/h5-12H,13H2,1-4H3,(H,23,26)(H,24,27). The molecule has 9 heteroatoms. The zero-order chi connectivity index (χ0) is 22.3. The van der Waals surface area contributed by atoms with E-state index in [-0.39, 0.29) is 28.6 Å². The van der Waals surface area contributed by atoms with Gasteiger partial charge in [0.1, 0.15) is 22.7 Å². The van der Waals surface area contributed by atoms with E-state index in [0.29, 0.717) is 0 Å². The molecular formula is C21H24ClN3O4S. The molecule has 2 amide bonds. The van der Waals surface area contributed by atoms with Crippen LogP contribution in [0.2, 0.25) is 5.02 Å². The highest BCUT2D eigenvalue weighted by atomic mass is 35.5. The lowest BCUT2D eigenvalue weighted by Crippen LogP contribution is -2.33. The molecule has 0 saturated heterocycles. The second kappa shape index (κ2) is 10.5. The fourth-order valence-electron chi connectivity index (χ4n) is 2.23. The lowest BCUT2D eigenvalue weighted by molar-refractivity contribution is -0.114. The first kappa shape index (κ1) is 23.7. The van der Waals surface area contributed by atoms with E-state index in [1.165, 1.54) is 7.05 Å². The van der Waals surface area contributed by atoms with Crippen LogP contribution in [0.1, 0.15) is 31.9 Å². The van der Waals surface area contributed by atoms with Gasteiger partial charge in [0.25, 0.3) is 5.91 Å². The second-order valence-corrected chi connectivity index (χ2v) is 9.52. The summed E-state index contributed by atoms with van der Waals surface area (Å²) in [6.07, 6.45) is -0.699. The van der Waals surface area contributed by atoms with Crippen LogP contribution < -0.4 is 10.6 Å². The van der Waals surface area contributed by atoms with Crippen molar-refractivity contribution in [3.05, 3.63) is 64.7 Å². The number of benzene rings is 2. The summed E-state index contributed by atoms with van der Waals surface area (Å²) in [6.45, 7) is 5.34. The molecule has 160 valence electrons. The zero-order valence-corrected chi connectivity index (χ0v) is 18.8. The third-order valence-electron chi connectivity index (χ3n) is 3.84. The van der Waals surface area contributed by atoms with Crippen LogP contribution in [-0.4, -0.2) is 34.1 Å². The second-order valence-electron chi connectivity index (χ2n) is 7.23. The molecule has 2 aromatic rings. The van der Waals surface area contributed by atoms with Crippen LogP contribution >= 0.6 is 11.6 Å². The summed E-state index contributed by atoms with van der Waals surface area (Å²) < 4.78 is 21.1. The van der Waals surface area contributed by atoms with Gasteiger partial charge in [-0.15, -0.1) is 0 Å². The normalized spacial score (nSPS) is 12.8. The summed E-state index contributed by atoms with van der Waals surface area (Å²) in [4.78, 5) is 24.5. The molecule has 7 nitrogen and oxygen atoms in total. The average Bonchev–Trinajstić information content (AvgIpc) is 2.71. The van der Waals surface area contributed by atoms with E-state index in [1.807, 2.05) is 30.3 Å². The maximum absolute atomic E-state index is 12.5. The van der Waals surface area contributed by atoms with Gasteiger partial charge in [0.05, 0.1) is 10.7 Å². The van der Waals surface area contributed by atoms with E-state index in [4.69, 9.17) is 16.3 Å². The Kier molecular flexibility index (Phi) is 8.28. The molecule has 0 aliphatic heterocycles. The monoisotopic (exact) mass is 449 g/mol. The van der Waals surface area contributed by atoms with Gasteiger partial charge in [0.2, 0.25) is 0 Å². The van der Waals surface area contributed by atoms with Crippen LogP contribution in [0.3, 0.4) is 0 Å². The fourth-order valence-corrected chi connectivity index (χ4v) is 3.12. The van der Waals surface area contributed by atoms with E-state index >= 15 is 0 Å². The van der Waals surface area contributed by atoms with E-state index in [2.05, 4.69) is 15.0 Å². The molecule has 0 aromatic heterocycles. The first-order valence-electron chi connectivity index (χ1n) is 9.13. The Morgan fingerprint density at radius 2 is 1.80 bits per heavy atom. The number of rotatable bonds is 6. The Morgan fingerprint density at radius 3 is 2.40 bits per heavy atom. The van der Waals surface area contributed by atoms with Crippen molar-refractivity contribution in [1.82, 2.24) is 5.32 Å². The summed E-state index contributed by atoms with van der Waals surface area (Å²) in [6, 6.07) is 14.0. The molecule has 0 aliphatic rings. The Morgan fingerprint density at radius 1 is 1.13 bits per heavy atom. The highest BCUT2D eigenvalue weighted by molar-refractivity contribution is 7.91. The molecule has 0 saturated carbocycles. The van der Waals surface area contributed by atoms with Crippen LogP contribution in [0.5, 0.6) is 0 Å². The number of anilines is 1. The quantitative estimate of drug-likeness (QED) is 0.512. The maximum Gasteiger partial charge on any atom is 0.412 e. The van der Waals surface area contributed by atoms with E-state index in [1.54, 1.807) is 39.0 Å². The van der Waals surface area contributed by atoms with E-state index in [0.717, 1.165) is 5.56 Å². The van der Waals surface area contributed by atoms with Gasteiger partial charge in [0, 0.05) is 12.6 Å². The number of carbonyl (C=O) groups excluding carboxylic acids is 2. The maximum atomic E-state index is 12.5. The molecule has 0 radical (unpaired) electrons. The Labute approximate surface area is 184 Å². The van der Waals surface area contributed by atoms with Gasteiger partial charge >= 0.3 is 6.09 Å². The zero-order valence-electron chi connectivity index (χ0n) is 17.2. The predicted molar refractivity (Wildman–Crippen MR) is 120 cm³/mol. The summed E-state index contributed by atoms with van der Waals surface area (Å²) in [5.74, 6) is -0.543. The van der Waals surface area contributed by atoms with Crippen molar-refractivity contribution in [2.75, 3.05) is 12.4 Å². The lowest BCUT2D eigenvalue weighted by atomic mass is 10.1. The smallest absolute Gasteiger partial charge is 0.412 e. The molecule has 0 aliphatic carbocycles. The minimum Gasteiger partial charge on any atom is -0.591 e. The number of nitrogens with one attached hydrogen (secondary N) is 2. The molecule has 2 N–H and O–H groups in total. The predicted octanol–water partition coefficient (Wildman–Crippen LogP) is 4.09. The molecule has 0 heterocycles. The number of likely N-dealkylation sites (N-methyl/N-ethyl adjacent to an activating group) is 1. The molecule has 1 unspecified atom stereocenters. The molecule has 2 rings (SSSR count). The van der Waals surface area contributed by atoms with Crippen molar-refractivity contribution >= 4 is 46.4 Å². The van der Waals surface area contributed by atoms with Crippen molar-refractivity contribution < 1.29 is 18.9 Å². The first-order valence-corrected chi connectivity index (χ1v) is 10.6. The third kappa shape index (κ3) is 6.48. The Balaban J connectivity index is 2.25. The number of amides is 2. The van der Waals surface area contributed by atoms with Gasteiger partial charge in [0.15, 0.2) is 5.71 Å². The van der Waals surface area contributed by atoms with Crippen LogP contribution in [0.25, 0.3) is 0 Å². The summed E-state index contributed by atoms with van der Waals surface area (Å²) in [7, 11) is 1.44.